The third kappa shape index (κ3) is 2.62. The van der Waals surface area contributed by atoms with Crippen LogP contribution in [-0.4, -0.2) is 14.2 Å². The standard InChI is InChI=1S/C15H17FN2O/c1-10-7-15(14(17)9-13(10)16)18(2)11-5-4-6-12(8-11)19-3/h4-9H,17H2,1-3H3. The number of ether oxygens (including phenoxy) is 1. The minimum Gasteiger partial charge on any atom is -0.497 e. The van der Waals surface area contributed by atoms with E-state index in [0.717, 1.165) is 17.1 Å². The second kappa shape index (κ2) is 5.18. The van der Waals surface area contributed by atoms with E-state index in [1.165, 1.54) is 6.07 Å². The minimum absolute atomic E-state index is 0.291. The number of hydrogen-bond donors (Lipinski definition) is 1. The Kier molecular flexibility index (Phi) is 3.60. The molecule has 2 aromatic carbocycles. The van der Waals surface area contributed by atoms with E-state index in [0.29, 0.717) is 11.3 Å². The molecule has 0 saturated heterocycles. The van der Waals surface area contributed by atoms with Gasteiger partial charge in [-0.2, -0.15) is 0 Å². The van der Waals surface area contributed by atoms with Crippen LogP contribution < -0.4 is 15.4 Å². The first-order valence-electron chi connectivity index (χ1n) is 5.96. The van der Waals surface area contributed by atoms with Gasteiger partial charge in [0.2, 0.25) is 0 Å². The van der Waals surface area contributed by atoms with Gasteiger partial charge in [-0.05, 0) is 36.8 Å². The van der Waals surface area contributed by atoms with Gasteiger partial charge in [-0.15, -0.1) is 0 Å². The van der Waals surface area contributed by atoms with Crippen LogP contribution in [-0.2, 0) is 0 Å². The van der Waals surface area contributed by atoms with Crippen LogP contribution in [0.15, 0.2) is 36.4 Å². The number of nitrogens with two attached hydrogens (primary N) is 1. The summed E-state index contributed by atoms with van der Waals surface area (Å²) < 4.78 is 18.6. The van der Waals surface area contributed by atoms with Gasteiger partial charge in [0.25, 0.3) is 0 Å². The third-order valence-electron chi connectivity index (χ3n) is 3.11. The maximum atomic E-state index is 13.4. The molecule has 2 rings (SSSR count). The smallest absolute Gasteiger partial charge is 0.128 e. The number of nitrogens with zero attached hydrogens (tertiary/aromatic N) is 1. The van der Waals surface area contributed by atoms with Crippen LogP contribution >= 0.6 is 0 Å². The van der Waals surface area contributed by atoms with E-state index in [1.807, 2.05) is 36.2 Å². The molecule has 2 N–H and O–H groups in total. The van der Waals surface area contributed by atoms with Gasteiger partial charge >= 0.3 is 0 Å². The van der Waals surface area contributed by atoms with Gasteiger partial charge in [-0.3, -0.25) is 0 Å². The molecule has 4 heteroatoms. The molecule has 2 aromatic rings. The molecule has 0 unspecified atom stereocenters. The number of nitrogen functional groups attached to an aromatic ring is 1. The number of benzene rings is 2. The lowest BCUT2D eigenvalue weighted by atomic mass is 10.1. The van der Waals surface area contributed by atoms with Crippen molar-refractivity contribution in [1.29, 1.82) is 0 Å². The second-order valence-corrected chi connectivity index (χ2v) is 4.42. The van der Waals surface area contributed by atoms with Crippen molar-refractivity contribution in [3.63, 3.8) is 0 Å². The van der Waals surface area contributed by atoms with E-state index in [1.54, 1.807) is 20.1 Å². The van der Waals surface area contributed by atoms with Crippen LogP contribution in [0.2, 0.25) is 0 Å². The van der Waals surface area contributed by atoms with Crippen LogP contribution in [0.25, 0.3) is 0 Å². The Bertz CT molecular complexity index is 599. The normalized spacial score (nSPS) is 10.3. The van der Waals surface area contributed by atoms with Gasteiger partial charge in [-0.25, -0.2) is 4.39 Å². The molecule has 3 nitrogen and oxygen atoms in total. The zero-order valence-electron chi connectivity index (χ0n) is 11.3. The summed E-state index contributed by atoms with van der Waals surface area (Å²) >= 11 is 0. The number of halogens is 1. The average molecular weight is 260 g/mol. The van der Waals surface area contributed by atoms with Crippen LogP contribution in [0.5, 0.6) is 5.75 Å². The summed E-state index contributed by atoms with van der Waals surface area (Å²) in [6, 6.07) is 10.7. The molecule has 0 aliphatic rings. The molecule has 0 aliphatic heterocycles. The van der Waals surface area contributed by atoms with E-state index < -0.39 is 0 Å². The molecule has 100 valence electrons. The molecule has 0 aliphatic carbocycles. The third-order valence-corrected chi connectivity index (χ3v) is 3.11. The zero-order valence-corrected chi connectivity index (χ0v) is 11.3. The summed E-state index contributed by atoms with van der Waals surface area (Å²) in [5.41, 5.74) is 8.56. The summed E-state index contributed by atoms with van der Waals surface area (Å²) in [5.74, 6) is 0.474. The average Bonchev–Trinajstić information content (AvgIpc) is 2.42. The number of methoxy groups -OCH3 is 1. The summed E-state index contributed by atoms with van der Waals surface area (Å²) in [6.07, 6.45) is 0. The molecule has 0 bridgehead atoms. The zero-order chi connectivity index (χ0) is 14.0. The monoisotopic (exact) mass is 260 g/mol. The van der Waals surface area contributed by atoms with Crippen molar-refractivity contribution in [2.75, 3.05) is 24.8 Å². The summed E-state index contributed by atoms with van der Waals surface area (Å²) in [7, 11) is 3.51. The fourth-order valence-electron chi connectivity index (χ4n) is 1.93. The molecule has 0 amide bonds. The first-order chi connectivity index (χ1) is 9.02. The first-order valence-corrected chi connectivity index (χ1v) is 5.96. The molecule has 19 heavy (non-hydrogen) atoms. The molecule has 0 radical (unpaired) electrons. The molecule has 0 saturated carbocycles. The van der Waals surface area contributed by atoms with Gasteiger partial charge in [0.05, 0.1) is 18.5 Å². The van der Waals surface area contributed by atoms with Crippen molar-refractivity contribution in [1.82, 2.24) is 0 Å². The Morgan fingerprint density at radius 3 is 2.63 bits per heavy atom. The predicted molar refractivity (Wildman–Crippen MR) is 76.6 cm³/mol. The SMILES string of the molecule is COc1cccc(N(C)c2cc(C)c(F)cc2N)c1. The van der Waals surface area contributed by atoms with E-state index in [9.17, 15) is 4.39 Å². The Morgan fingerprint density at radius 2 is 1.95 bits per heavy atom. The fourth-order valence-corrected chi connectivity index (χ4v) is 1.93. The van der Waals surface area contributed by atoms with Crippen LogP contribution in [0.1, 0.15) is 5.56 Å². The highest BCUT2D eigenvalue weighted by Gasteiger charge is 2.11. The Labute approximate surface area is 112 Å². The van der Waals surface area contributed by atoms with Crippen molar-refractivity contribution >= 4 is 17.1 Å². The maximum absolute atomic E-state index is 13.4. The highest BCUT2D eigenvalue weighted by Crippen LogP contribution is 2.32. The lowest BCUT2D eigenvalue weighted by Gasteiger charge is -2.22. The largest absolute Gasteiger partial charge is 0.497 e. The van der Waals surface area contributed by atoms with Crippen LogP contribution in [0.3, 0.4) is 0 Å². The van der Waals surface area contributed by atoms with Crippen molar-refractivity contribution in [3.8, 4) is 5.75 Å². The molecule has 0 spiro atoms. The van der Waals surface area contributed by atoms with E-state index in [2.05, 4.69) is 0 Å². The van der Waals surface area contributed by atoms with E-state index in [-0.39, 0.29) is 5.82 Å². The summed E-state index contributed by atoms with van der Waals surface area (Å²) in [6.45, 7) is 1.72. The van der Waals surface area contributed by atoms with Crippen molar-refractivity contribution in [2.24, 2.45) is 0 Å². The topological polar surface area (TPSA) is 38.5 Å². The quantitative estimate of drug-likeness (QED) is 0.858. The second-order valence-electron chi connectivity index (χ2n) is 4.42. The highest BCUT2D eigenvalue weighted by atomic mass is 19.1. The van der Waals surface area contributed by atoms with Crippen LogP contribution in [0, 0.1) is 12.7 Å². The van der Waals surface area contributed by atoms with Gasteiger partial charge in [-0.1, -0.05) is 6.07 Å². The minimum atomic E-state index is -0.291. The molecule has 0 fully saturated rings. The maximum Gasteiger partial charge on any atom is 0.128 e. The van der Waals surface area contributed by atoms with Gasteiger partial charge in [0.15, 0.2) is 0 Å². The van der Waals surface area contributed by atoms with E-state index in [4.69, 9.17) is 10.5 Å². The summed E-state index contributed by atoms with van der Waals surface area (Å²) in [4.78, 5) is 1.91. The number of aryl methyl sites for hydroxylation is 1. The summed E-state index contributed by atoms with van der Waals surface area (Å²) in [5, 5.41) is 0. The van der Waals surface area contributed by atoms with Crippen molar-refractivity contribution in [2.45, 2.75) is 6.92 Å². The van der Waals surface area contributed by atoms with Gasteiger partial charge < -0.3 is 15.4 Å². The van der Waals surface area contributed by atoms with Crippen molar-refractivity contribution < 1.29 is 9.13 Å². The lowest BCUT2D eigenvalue weighted by molar-refractivity contribution is 0.415. The number of rotatable bonds is 3. The fraction of sp³-hybridized carbons (Fsp3) is 0.200. The molecule has 0 atom stereocenters. The first kappa shape index (κ1) is 13.2. The van der Waals surface area contributed by atoms with Crippen molar-refractivity contribution in [3.05, 3.63) is 47.8 Å². The Morgan fingerprint density at radius 1 is 1.21 bits per heavy atom. The number of hydrogen-bond acceptors (Lipinski definition) is 3. The molecular weight excluding hydrogens is 243 g/mol. The predicted octanol–water partition coefficient (Wildman–Crippen LogP) is 3.49. The van der Waals surface area contributed by atoms with E-state index >= 15 is 0 Å². The highest BCUT2D eigenvalue weighted by molar-refractivity contribution is 5.75. The molecule has 0 aromatic heterocycles. The number of anilines is 3. The Balaban J connectivity index is 2.43. The van der Waals surface area contributed by atoms with Crippen LogP contribution in [0.4, 0.5) is 21.5 Å². The molecular formula is C15H17FN2O. The molecule has 0 heterocycles. The van der Waals surface area contributed by atoms with Gasteiger partial charge in [0, 0.05) is 18.8 Å². The van der Waals surface area contributed by atoms with Gasteiger partial charge in [0.1, 0.15) is 11.6 Å². The lowest BCUT2D eigenvalue weighted by Crippen LogP contribution is -2.12. The Hall–Kier alpha value is -2.23.